The van der Waals surface area contributed by atoms with Crippen LogP contribution in [0.1, 0.15) is 37.8 Å². The lowest BCUT2D eigenvalue weighted by atomic mass is 9.89. The van der Waals surface area contributed by atoms with Crippen LogP contribution in [0.15, 0.2) is 30.6 Å². The third-order valence-corrected chi connectivity index (χ3v) is 5.51. The summed E-state index contributed by atoms with van der Waals surface area (Å²) >= 11 is 0. The lowest BCUT2D eigenvalue weighted by Crippen LogP contribution is -2.47. The fraction of sp³-hybridized carbons (Fsp3) is 0.632. The summed E-state index contributed by atoms with van der Waals surface area (Å²) in [6.07, 6.45) is 11.5. The van der Waals surface area contributed by atoms with Gasteiger partial charge in [0, 0.05) is 51.7 Å². The van der Waals surface area contributed by atoms with Gasteiger partial charge < -0.3 is 9.30 Å². The summed E-state index contributed by atoms with van der Waals surface area (Å²) in [6, 6.07) is 6.18. The number of hydrogen-bond acceptors (Lipinski definition) is 3. The Bertz CT molecular complexity index is 588. The topological polar surface area (TPSA) is 23.8 Å². The van der Waals surface area contributed by atoms with Crippen molar-refractivity contribution in [2.75, 3.05) is 32.7 Å². The molecular weight excluding hydrogens is 284 g/mol. The summed E-state index contributed by atoms with van der Waals surface area (Å²) in [5.41, 5.74) is 2.25. The molecule has 1 saturated carbocycles. The quantitative estimate of drug-likeness (QED) is 0.867. The Morgan fingerprint density at radius 1 is 0.957 bits per heavy atom. The highest BCUT2D eigenvalue weighted by atomic mass is 15.3. The molecule has 0 atom stereocenters. The van der Waals surface area contributed by atoms with Gasteiger partial charge in [0.05, 0.1) is 5.69 Å². The molecule has 2 aromatic rings. The molecule has 4 heteroatoms. The summed E-state index contributed by atoms with van der Waals surface area (Å²) < 4.78 is 2.12. The van der Waals surface area contributed by atoms with Gasteiger partial charge in [0.25, 0.3) is 0 Å². The fourth-order valence-electron chi connectivity index (χ4n) is 4.16. The molecule has 0 N–H and O–H groups in total. The molecule has 0 unspecified atom stereocenters. The predicted octanol–water partition coefficient (Wildman–Crippen LogP) is 3.03. The van der Waals surface area contributed by atoms with Gasteiger partial charge in [-0.2, -0.15) is 0 Å². The van der Waals surface area contributed by atoms with Crippen molar-refractivity contribution < 1.29 is 0 Å². The van der Waals surface area contributed by atoms with Crippen LogP contribution in [0.5, 0.6) is 0 Å². The van der Waals surface area contributed by atoms with Gasteiger partial charge in [-0.05, 0) is 30.9 Å². The third-order valence-electron chi connectivity index (χ3n) is 5.51. The first-order valence-electron chi connectivity index (χ1n) is 9.24. The second-order valence-electron chi connectivity index (χ2n) is 7.28. The maximum Gasteiger partial charge on any atom is 0.137 e. The normalized spacial score (nSPS) is 21.9. The van der Waals surface area contributed by atoms with Crippen LogP contribution in [0.4, 0.5) is 0 Å². The molecule has 0 radical (unpaired) electrons. The molecule has 2 fully saturated rings. The number of pyridine rings is 1. The SMILES string of the molecule is c1ccn2cc(CN3CCN(CC4CCCCC4)CC3)nc2c1. The average molecular weight is 312 g/mol. The molecule has 1 aliphatic heterocycles. The van der Waals surface area contributed by atoms with E-state index >= 15 is 0 Å². The van der Waals surface area contributed by atoms with E-state index in [2.05, 4.69) is 44.8 Å². The van der Waals surface area contributed by atoms with Gasteiger partial charge >= 0.3 is 0 Å². The van der Waals surface area contributed by atoms with Crippen molar-refractivity contribution in [3.8, 4) is 0 Å². The third kappa shape index (κ3) is 3.75. The standard InChI is InChI=1S/C19H28N4/c1-2-6-17(7-3-1)14-21-10-12-22(13-11-21)15-18-16-23-9-5-4-8-19(23)20-18/h4-5,8-9,16-17H,1-3,6-7,10-15H2. The Morgan fingerprint density at radius 3 is 2.52 bits per heavy atom. The largest absolute Gasteiger partial charge is 0.307 e. The van der Waals surface area contributed by atoms with Gasteiger partial charge in [-0.3, -0.25) is 4.90 Å². The molecular formula is C19H28N4. The molecule has 23 heavy (non-hydrogen) atoms. The highest BCUT2D eigenvalue weighted by molar-refractivity contribution is 5.39. The maximum absolute atomic E-state index is 4.73. The second kappa shape index (κ2) is 7.02. The highest BCUT2D eigenvalue weighted by Gasteiger charge is 2.21. The van der Waals surface area contributed by atoms with Crippen molar-refractivity contribution in [3.63, 3.8) is 0 Å². The Kier molecular flexibility index (Phi) is 4.62. The number of aromatic nitrogens is 2. The molecule has 2 aromatic heterocycles. The molecule has 124 valence electrons. The van der Waals surface area contributed by atoms with E-state index in [1.54, 1.807) is 0 Å². The van der Waals surface area contributed by atoms with Gasteiger partial charge in [0.15, 0.2) is 0 Å². The van der Waals surface area contributed by atoms with Crippen LogP contribution in [0.25, 0.3) is 5.65 Å². The zero-order valence-corrected chi connectivity index (χ0v) is 14.0. The highest BCUT2D eigenvalue weighted by Crippen LogP contribution is 2.24. The molecule has 0 amide bonds. The molecule has 3 heterocycles. The number of piperazine rings is 1. The van der Waals surface area contributed by atoms with Gasteiger partial charge in [-0.15, -0.1) is 0 Å². The zero-order valence-electron chi connectivity index (χ0n) is 14.0. The van der Waals surface area contributed by atoms with Crippen molar-refractivity contribution in [3.05, 3.63) is 36.3 Å². The minimum Gasteiger partial charge on any atom is -0.307 e. The fourth-order valence-corrected chi connectivity index (χ4v) is 4.16. The molecule has 1 saturated heterocycles. The van der Waals surface area contributed by atoms with Crippen LogP contribution >= 0.6 is 0 Å². The lowest BCUT2D eigenvalue weighted by Gasteiger charge is -2.37. The van der Waals surface area contributed by atoms with Gasteiger partial charge in [-0.25, -0.2) is 4.98 Å². The molecule has 0 aromatic carbocycles. The molecule has 4 nitrogen and oxygen atoms in total. The van der Waals surface area contributed by atoms with E-state index in [9.17, 15) is 0 Å². The van der Waals surface area contributed by atoms with E-state index in [0.29, 0.717) is 0 Å². The Labute approximate surface area is 139 Å². The number of fused-ring (bicyclic) bond motifs is 1. The summed E-state index contributed by atoms with van der Waals surface area (Å²) in [7, 11) is 0. The van der Waals surface area contributed by atoms with Crippen molar-refractivity contribution >= 4 is 5.65 Å². The number of rotatable bonds is 4. The van der Waals surface area contributed by atoms with E-state index in [4.69, 9.17) is 4.98 Å². The number of nitrogens with zero attached hydrogens (tertiary/aromatic N) is 4. The van der Waals surface area contributed by atoms with Crippen LogP contribution in [0, 0.1) is 5.92 Å². The molecule has 0 spiro atoms. The van der Waals surface area contributed by atoms with Gasteiger partial charge in [0.2, 0.25) is 0 Å². The maximum atomic E-state index is 4.73. The van der Waals surface area contributed by atoms with Crippen LogP contribution < -0.4 is 0 Å². The first kappa shape index (κ1) is 15.2. The van der Waals surface area contributed by atoms with Crippen molar-refractivity contribution in [2.24, 2.45) is 5.92 Å². The monoisotopic (exact) mass is 312 g/mol. The zero-order chi connectivity index (χ0) is 15.5. The average Bonchev–Trinajstić information content (AvgIpc) is 3.00. The first-order chi connectivity index (χ1) is 11.4. The minimum absolute atomic E-state index is 0.966. The lowest BCUT2D eigenvalue weighted by molar-refractivity contribution is 0.105. The second-order valence-corrected chi connectivity index (χ2v) is 7.28. The van der Waals surface area contributed by atoms with Gasteiger partial charge in [0.1, 0.15) is 5.65 Å². The van der Waals surface area contributed by atoms with Gasteiger partial charge in [-0.1, -0.05) is 25.3 Å². The summed E-state index contributed by atoms with van der Waals surface area (Å²) in [5.74, 6) is 0.966. The van der Waals surface area contributed by atoms with E-state index < -0.39 is 0 Å². The van der Waals surface area contributed by atoms with Crippen molar-refractivity contribution in [1.82, 2.24) is 19.2 Å². The minimum atomic E-state index is 0.966. The number of imidazole rings is 1. The Balaban J connectivity index is 1.27. The van der Waals surface area contributed by atoms with Crippen LogP contribution in [0.3, 0.4) is 0 Å². The van der Waals surface area contributed by atoms with E-state index in [-0.39, 0.29) is 0 Å². The van der Waals surface area contributed by atoms with Crippen LogP contribution in [-0.2, 0) is 6.54 Å². The smallest absolute Gasteiger partial charge is 0.137 e. The van der Waals surface area contributed by atoms with Crippen molar-refractivity contribution in [1.29, 1.82) is 0 Å². The van der Waals surface area contributed by atoms with Crippen LogP contribution in [-0.4, -0.2) is 51.9 Å². The first-order valence-corrected chi connectivity index (χ1v) is 9.24. The van der Waals surface area contributed by atoms with Crippen LogP contribution in [0.2, 0.25) is 0 Å². The number of hydrogen-bond donors (Lipinski definition) is 0. The molecule has 1 aliphatic carbocycles. The molecule has 0 bridgehead atoms. The molecule has 4 rings (SSSR count). The van der Waals surface area contributed by atoms with E-state index in [0.717, 1.165) is 18.1 Å². The summed E-state index contributed by atoms with van der Waals surface area (Å²) in [6.45, 7) is 7.13. The van der Waals surface area contributed by atoms with Crippen molar-refractivity contribution in [2.45, 2.75) is 38.6 Å². The Morgan fingerprint density at radius 2 is 1.74 bits per heavy atom. The predicted molar refractivity (Wildman–Crippen MR) is 93.5 cm³/mol. The Hall–Kier alpha value is -1.39. The summed E-state index contributed by atoms with van der Waals surface area (Å²) in [4.78, 5) is 9.97. The molecule has 2 aliphatic rings. The van der Waals surface area contributed by atoms with E-state index in [1.165, 1.54) is 70.5 Å². The summed E-state index contributed by atoms with van der Waals surface area (Å²) in [5, 5.41) is 0. The van der Waals surface area contributed by atoms with E-state index in [1.807, 2.05) is 0 Å².